The zero-order valence-electron chi connectivity index (χ0n) is 18.3. The lowest BCUT2D eigenvalue weighted by molar-refractivity contribution is -0.137. The van der Waals surface area contributed by atoms with Crippen molar-refractivity contribution in [1.29, 1.82) is 0 Å². The Morgan fingerprint density at radius 2 is 1.91 bits per heavy atom. The first-order chi connectivity index (χ1) is 16.6. The van der Waals surface area contributed by atoms with Crippen molar-refractivity contribution in [2.45, 2.75) is 19.1 Å². The molecule has 13 heteroatoms. The molecule has 3 heterocycles. The van der Waals surface area contributed by atoms with Crippen molar-refractivity contribution >= 4 is 17.5 Å². The number of nitrogens with zero attached hydrogens (tertiary/aromatic N) is 6. The minimum atomic E-state index is -4.64. The van der Waals surface area contributed by atoms with Gasteiger partial charge in [0.2, 0.25) is 0 Å². The summed E-state index contributed by atoms with van der Waals surface area (Å²) in [6, 6.07) is 6.60. The first-order valence-corrected chi connectivity index (χ1v) is 10.5. The Labute approximate surface area is 201 Å². The van der Waals surface area contributed by atoms with Crippen molar-refractivity contribution in [2.75, 3.05) is 0 Å². The lowest BCUT2D eigenvalue weighted by atomic mass is 10.0. The predicted octanol–water partition coefficient (Wildman–Crippen LogP) is 3.59. The molecular weight excluding hydrogens is 487 g/mol. The van der Waals surface area contributed by atoms with E-state index < -0.39 is 34.3 Å². The average Bonchev–Trinajstić information content (AvgIpc) is 3.24. The maximum absolute atomic E-state index is 13.2. The van der Waals surface area contributed by atoms with Gasteiger partial charge in [-0.25, -0.2) is 4.68 Å². The zero-order valence-corrected chi connectivity index (χ0v) is 19.0. The van der Waals surface area contributed by atoms with E-state index in [-0.39, 0.29) is 16.9 Å². The highest BCUT2D eigenvalue weighted by Gasteiger charge is 2.34. The fraction of sp³-hybridized carbons (Fsp3) is 0.182. The van der Waals surface area contributed by atoms with E-state index in [0.29, 0.717) is 11.3 Å². The number of amides is 1. The van der Waals surface area contributed by atoms with Crippen LogP contribution in [0.25, 0.3) is 16.9 Å². The summed E-state index contributed by atoms with van der Waals surface area (Å²) >= 11 is 5.96. The van der Waals surface area contributed by atoms with Crippen molar-refractivity contribution in [1.82, 2.24) is 35.1 Å². The molecule has 4 rings (SSSR count). The third kappa shape index (κ3) is 4.92. The van der Waals surface area contributed by atoms with Gasteiger partial charge in [-0.3, -0.25) is 14.6 Å². The van der Waals surface area contributed by atoms with Gasteiger partial charge < -0.3 is 5.32 Å². The van der Waals surface area contributed by atoms with Crippen LogP contribution in [0.1, 0.15) is 34.6 Å². The summed E-state index contributed by atoms with van der Waals surface area (Å²) in [7, 11) is 1.70. The molecule has 0 spiro atoms. The van der Waals surface area contributed by atoms with E-state index in [9.17, 15) is 22.8 Å². The van der Waals surface area contributed by atoms with Crippen LogP contribution in [0.15, 0.2) is 59.8 Å². The Bertz CT molecular complexity index is 1470. The van der Waals surface area contributed by atoms with Gasteiger partial charge in [-0.05, 0) is 30.7 Å². The average molecular weight is 504 g/mol. The maximum atomic E-state index is 13.2. The molecular formula is C22H17ClF3N7O2. The topological polar surface area (TPSA) is 108 Å². The normalized spacial score (nSPS) is 12.4. The number of rotatable bonds is 5. The number of aromatic nitrogens is 6. The molecule has 1 atom stereocenters. The summed E-state index contributed by atoms with van der Waals surface area (Å²) in [4.78, 5) is 29.4. The molecule has 1 amide bonds. The molecule has 0 aliphatic heterocycles. The van der Waals surface area contributed by atoms with Crippen molar-refractivity contribution in [2.24, 2.45) is 7.05 Å². The molecule has 0 aliphatic rings. The van der Waals surface area contributed by atoms with Gasteiger partial charge in [0.15, 0.2) is 0 Å². The van der Waals surface area contributed by atoms with E-state index >= 15 is 0 Å². The van der Waals surface area contributed by atoms with E-state index in [1.165, 1.54) is 42.2 Å². The molecule has 0 bridgehead atoms. The largest absolute Gasteiger partial charge is 0.417 e. The van der Waals surface area contributed by atoms with Crippen LogP contribution in [-0.2, 0) is 13.2 Å². The molecule has 0 radical (unpaired) electrons. The Hall–Kier alpha value is -4.06. The molecule has 180 valence electrons. The van der Waals surface area contributed by atoms with Crippen LogP contribution in [-0.4, -0.2) is 35.7 Å². The van der Waals surface area contributed by atoms with Gasteiger partial charge in [0.25, 0.3) is 11.5 Å². The predicted molar refractivity (Wildman–Crippen MR) is 120 cm³/mol. The number of carbonyl (C=O) groups excluding carboxylic acids is 1. The quantitative estimate of drug-likeness (QED) is 0.446. The summed E-state index contributed by atoms with van der Waals surface area (Å²) in [6.45, 7) is 1.49. The van der Waals surface area contributed by atoms with Gasteiger partial charge in [0.1, 0.15) is 5.69 Å². The van der Waals surface area contributed by atoms with Crippen molar-refractivity contribution in [3.8, 4) is 16.9 Å². The second-order valence-electron chi connectivity index (χ2n) is 7.54. The van der Waals surface area contributed by atoms with E-state index in [1.807, 2.05) is 0 Å². The fourth-order valence-corrected chi connectivity index (χ4v) is 3.80. The standard InChI is InChI=1S/C22H17ClF3N7O2/c1-12(15-4-3-5-16(20(15)23)22(24,25)26)29-21(35)17-6-7-19(34)33(30-17)14-8-13(9-27-10-14)18-11-28-31-32(18)2/h3-12H,1-2H3,(H,29,35)/t12-/m1/s1. The van der Waals surface area contributed by atoms with Crippen LogP contribution in [0.5, 0.6) is 0 Å². The molecule has 0 saturated heterocycles. The molecule has 0 aliphatic carbocycles. The summed E-state index contributed by atoms with van der Waals surface area (Å²) in [5.41, 5.74) is -0.00757. The summed E-state index contributed by atoms with van der Waals surface area (Å²) in [5.74, 6) is -0.709. The number of pyridine rings is 1. The highest BCUT2D eigenvalue weighted by molar-refractivity contribution is 6.32. The molecule has 3 aromatic heterocycles. The molecule has 1 N–H and O–H groups in total. The highest BCUT2D eigenvalue weighted by Crippen LogP contribution is 2.37. The Morgan fingerprint density at radius 1 is 1.14 bits per heavy atom. The number of nitrogens with one attached hydrogen (secondary N) is 1. The molecule has 0 fully saturated rings. The monoisotopic (exact) mass is 503 g/mol. The lowest BCUT2D eigenvalue weighted by Gasteiger charge is -2.18. The molecule has 4 aromatic rings. The van der Waals surface area contributed by atoms with Crippen LogP contribution < -0.4 is 10.9 Å². The highest BCUT2D eigenvalue weighted by atomic mass is 35.5. The number of alkyl halides is 3. The minimum Gasteiger partial charge on any atom is -0.344 e. The number of aryl methyl sites for hydroxylation is 1. The minimum absolute atomic E-state index is 0.0878. The zero-order chi connectivity index (χ0) is 25.3. The van der Waals surface area contributed by atoms with Crippen molar-refractivity contribution in [3.63, 3.8) is 0 Å². The van der Waals surface area contributed by atoms with Gasteiger partial charge in [-0.1, -0.05) is 28.9 Å². The fourth-order valence-electron chi connectivity index (χ4n) is 3.40. The molecule has 1 aromatic carbocycles. The van der Waals surface area contributed by atoms with Gasteiger partial charge in [0, 0.05) is 24.9 Å². The smallest absolute Gasteiger partial charge is 0.344 e. The second-order valence-corrected chi connectivity index (χ2v) is 7.92. The van der Waals surface area contributed by atoms with Crippen LogP contribution >= 0.6 is 11.6 Å². The Morgan fingerprint density at radius 3 is 2.60 bits per heavy atom. The van der Waals surface area contributed by atoms with E-state index in [2.05, 4.69) is 25.7 Å². The third-order valence-electron chi connectivity index (χ3n) is 5.16. The van der Waals surface area contributed by atoms with Gasteiger partial charge >= 0.3 is 6.18 Å². The van der Waals surface area contributed by atoms with Crippen molar-refractivity contribution in [3.05, 3.63) is 87.2 Å². The number of carbonyl (C=O) groups is 1. The number of hydrogen-bond donors (Lipinski definition) is 1. The van der Waals surface area contributed by atoms with Gasteiger partial charge in [-0.15, -0.1) is 5.10 Å². The summed E-state index contributed by atoms with van der Waals surface area (Å²) in [5, 5.41) is 13.8. The Balaban J connectivity index is 1.62. The Kier molecular flexibility index (Phi) is 6.39. The van der Waals surface area contributed by atoms with Crippen LogP contribution in [0.3, 0.4) is 0 Å². The first-order valence-electron chi connectivity index (χ1n) is 10.1. The first kappa shape index (κ1) is 24.1. The second kappa shape index (κ2) is 9.29. The third-order valence-corrected chi connectivity index (χ3v) is 5.58. The van der Waals surface area contributed by atoms with Crippen LogP contribution in [0.2, 0.25) is 5.02 Å². The lowest BCUT2D eigenvalue weighted by Crippen LogP contribution is -2.31. The van der Waals surface area contributed by atoms with Gasteiger partial charge in [-0.2, -0.15) is 23.0 Å². The number of halogens is 4. The number of benzene rings is 1. The van der Waals surface area contributed by atoms with E-state index in [1.54, 1.807) is 19.3 Å². The molecule has 35 heavy (non-hydrogen) atoms. The van der Waals surface area contributed by atoms with Gasteiger partial charge in [0.05, 0.1) is 40.4 Å². The van der Waals surface area contributed by atoms with E-state index in [0.717, 1.165) is 16.8 Å². The maximum Gasteiger partial charge on any atom is 0.417 e. The molecule has 9 nitrogen and oxygen atoms in total. The molecule has 0 unspecified atom stereocenters. The SMILES string of the molecule is C[C@@H](NC(=O)c1ccc(=O)n(-c2cncc(-c3cnnn3C)c2)n1)c1cccc(C(F)(F)F)c1Cl. The molecule has 0 saturated carbocycles. The van der Waals surface area contributed by atoms with Crippen LogP contribution in [0, 0.1) is 0 Å². The number of hydrogen-bond acceptors (Lipinski definition) is 6. The summed E-state index contributed by atoms with van der Waals surface area (Å²) < 4.78 is 42.1. The van der Waals surface area contributed by atoms with Crippen LogP contribution in [0.4, 0.5) is 13.2 Å². The van der Waals surface area contributed by atoms with Crippen molar-refractivity contribution < 1.29 is 18.0 Å². The summed E-state index contributed by atoms with van der Waals surface area (Å²) in [6.07, 6.45) is -0.151. The van der Waals surface area contributed by atoms with E-state index in [4.69, 9.17) is 11.6 Å².